The fourth-order valence-corrected chi connectivity index (χ4v) is 3.14. The van der Waals surface area contributed by atoms with Crippen molar-refractivity contribution in [3.63, 3.8) is 0 Å². The predicted molar refractivity (Wildman–Crippen MR) is 75.4 cm³/mol. The highest BCUT2D eigenvalue weighted by Crippen LogP contribution is 2.34. The van der Waals surface area contributed by atoms with Crippen LogP contribution < -0.4 is 4.90 Å². The van der Waals surface area contributed by atoms with E-state index in [1.54, 1.807) is 12.1 Å². The molecule has 21 heavy (non-hydrogen) atoms. The lowest BCUT2D eigenvalue weighted by molar-refractivity contribution is -0.146. The molecule has 1 heterocycles. The molecule has 2 aliphatic rings. The monoisotopic (exact) mass is 289 g/mol. The maximum Gasteiger partial charge on any atom is 0.307 e. The van der Waals surface area contributed by atoms with Gasteiger partial charge in [-0.25, -0.2) is 4.39 Å². The second-order valence-electron chi connectivity index (χ2n) is 5.51. The number of hydrogen-bond donors (Lipinski definition) is 1. The molecule has 0 saturated carbocycles. The molecule has 0 unspecified atom stereocenters. The van der Waals surface area contributed by atoms with E-state index in [1.165, 1.54) is 17.0 Å². The topological polar surface area (TPSA) is 57.6 Å². The zero-order valence-corrected chi connectivity index (χ0v) is 11.5. The summed E-state index contributed by atoms with van der Waals surface area (Å²) in [6.45, 7) is 0.490. The van der Waals surface area contributed by atoms with Crippen LogP contribution >= 0.6 is 0 Å². The van der Waals surface area contributed by atoms with Crippen molar-refractivity contribution in [2.75, 3.05) is 11.4 Å². The third kappa shape index (κ3) is 2.44. The van der Waals surface area contributed by atoms with Gasteiger partial charge in [-0.15, -0.1) is 0 Å². The Balaban J connectivity index is 1.88. The Morgan fingerprint density at radius 1 is 1.19 bits per heavy atom. The number of carbonyl (C=O) groups is 2. The molecule has 1 N–H and O–H groups in total. The molecule has 1 aliphatic carbocycles. The van der Waals surface area contributed by atoms with Gasteiger partial charge in [0.25, 0.3) is 0 Å². The van der Waals surface area contributed by atoms with Crippen molar-refractivity contribution in [3.05, 3.63) is 41.7 Å². The number of hydrogen-bond acceptors (Lipinski definition) is 2. The van der Waals surface area contributed by atoms with Gasteiger partial charge >= 0.3 is 5.97 Å². The Bertz CT molecular complexity index is 626. The second kappa shape index (κ2) is 5.31. The van der Waals surface area contributed by atoms with E-state index in [0.717, 1.165) is 5.56 Å². The number of allylic oxidation sites excluding steroid dienone is 2. The molecule has 0 fully saturated rings. The molecular formula is C16H16FNO3. The Morgan fingerprint density at radius 2 is 1.90 bits per heavy atom. The molecule has 2 atom stereocenters. The summed E-state index contributed by atoms with van der Waals surface area (Å²) < 4.78 is 13.4. The van der Waals surface area contributed by atoms with Crippen molar-refractivity contribution in [1.29, 1.82) is 0 Å². The molecule has 1 amide bonds. The number of benzene rings is 1. The average Bonchev–Trinajstić information content (AvgIpc) is 2.89. The van der Waals surface area contributed by atoms with Crippen molar-refractivity contribution in [3.8, 4) is 0 Å². The van der Waals surface area contributed by atoms with Crippen LogP contribution in [0.5, 0.6) is 0 Å². The average molecular weight is 289 g/mol. The maximum absolute atomic E-state index is 13.4. The third-order valence-electron chi connectivity index (χ3n) is 4.28. The number of carbonyl (C=O) groups excluding carboxylic acids is 1. The normalized spacial score (nSPS) is 24.0. The van der Waals surface area contributed by atoms with Crippen LogP contribution in [-0.2, 0) is 16.0 Å². The summed E-state index contributed by atoms with van der Waals surface area (Å²) in [6.07, 6.45) is 5.14. The van der Waals surface area contributed by atoms with Gasteiger partial charge in [0.15, 0.2) is 0 Å². The Kier molecular flexibility index (Phi) is 3.49. The SMILES string of the molecule is O=C(O)[C@H]1CC=CC[C@H]1C(=O)N1CCc2ccc(F)cc21. The van der Waals surface area contributed by atoms with E-state index in [0.29, 0.717) is 31.5 Å². The van der Waals surface area contributed by atoms with E-state index >= 15 is 0 Å². The molecule has 0 aromatic heterocycles. The van der Waals surface area contributed by atoms with Crippen LogP contribution in [0, 0.1) is 17.7 Å². The first-order chi connectivity index (χ1) is 10.1. The standard InChI is InChI=1S/C16H16FNO3/c17-11-6-5-10-7-8-18(14(10)9-11)15(19)12-3-1-2-4-13(12)16(20)21/h1-2,5-6,9,12-13H,3-4,7-8H2,(H,20,21)/t12-,13+/m1/s1. The van der Waals surface area contributed by atoms with Crippen molar-refractivity contribution < 1.29 is 19.1 Å². The molecule has 0 radical (unpaired) electrons. The fourth-order valence-electron chi connectivity index (χ4n) is 3.14. The minimum absolute atomic E-state index is 0.212. The van der Waals surface area contributed by atoms with Gasteiger partial charge in [0, 0.05) is 12.2 Å². The Hall–Kier alpha value is -2.17. The number of nitrogens with zero attached hydrogens (tertiary/aromatic N) is 1. The minimum Gasteiger partial charge on any atom is -0.481 e. The van der Waals surface area contributed by atoms with Gasteiger partial charge in [0.05, 0.1) is 11.8 Å². The van der Waals surface area contributed by atoms with Gasteiger partial charge in [-0.05, 0) is 37.0 Å². The van der Waals surface area contributed by atoms with Crippen LogP contribution in [-0.4, -0.2) is 23.5 Å². The van der Waals surface area contributed by atoms with Gasteiger partial charge in [-0.3, -0.25) is 9.59 Å². The molecule has 1 aliphatic heterocycles. The number of carboxylic acids is 1. The Labute approximate surface area is 121 Å². The van der Waals surface area contributed by atoms with E-state index in [9.17, 15) is 19.1 Å². The highest BCUT2D eigenvalue weighted by molar-refractivity contribution is 5.99. The summed E-state index contributed by atoms with van der Waals surface area (Å²) in [5, 5.41) is 9.28. The first-order valence-corrected chi connectivity index (χ1v) is 7.05. The van der Waals surface area contributed by atoms with E-state index in [-0.39, 0.29) is 11.7 Å². The van der Waals surface area contributed by atoms with Gasteiger partial charge in [-0.1, -0.05) is 18.2 Å². The lowest BCUT2D eigenvalue weighted by atomic mass is 9.82. The number of halogens is 1. The third-order valence-corrected chi connectivity index (χ3v) is 4.28. The van der Waals surface area contributed by atoms with Gasteiger partial charge in [0.2, 0.25) is 5.91 Å². The number of amides is 1. The number of carboxylic acid groups (broad SMARTS) is 1. The first-order valence-electron chi connectivity index (χ1n) is 7.05. The lowest BCUT2D eigenvalue weighted by Crippen LogP contribution is -2.41. The molecular weight excluding hydrogens is 273 g/mol. The molecule has 4 nitrogen and oxygen atoms in total. The summed E-state index contributed by atoms with van der Waals surface area (Å²) in [4.78, 5) is 25.6. The Morgan fingerprint density at radius 3 is 2.62 bits per heavy atom. The predicted octanol–water partition coefficient (Wildman–Crippen LogP) is 2.38. The molecule has 5 heteroatoms. The summed E-state index contributed by atoms with van der Waals surface area (Å²) in [6, 6.07) is 4.43. The smallest absolute Gasteiger partial charge is 0.307 e. The number of fused-ring (bicyclic) bond motifs is 1. The highest BCUT2D eigenvalue weighted by Gasteiger charge is 2.38. The fraction of sp³-hybridized carbons (Fsp3) is 0.375. The molecule has 3 rings (SSSR count). The van der Waals surface area contributed by atoms with Crippen LogP contribution in [0.15, 0.2) is 30.4 Å². The second-order valence-corrected chi connectivity index (χ2v) is 5.51. The van der Waals surface area contributed by atoms with Crippen LogP contribution in [0.2, 0.25) is 0 Å². The van der Waals surface area contributed by atoms with E-state index < -0.39 is 17.8 Å². The van der Waals surface area contributed by atoms with Gasteiger partial charge < -0.3 is 10.0 Å². The number of aliphatic carboxylic acids is 1. The zero-order valence-electron chi connectivity index (χ0n) is 11.5. The van der Waals surface area contributed by atoms with Crippen LogP contribution in [0.25, 0.3) is 0 Å². The number of rotatable bonds is 2. The van der Waals surface area contributed by atoms with Gasteiger partial charge in [-0.2, -0.15) is 0 Å². The highest BCUT2D eigenvalue weighted by atomic mass is 19.1. The first kappa shape index (κ1) is 13.8. The molecule has 0 bridgehead atoms. The van der Waals surface area contributed by atoms with E-state index in [4.69, 9.17) is 0 Å². The molecule has 1 aromatic rings. The quantitative estimate of drug-likeness (QED) is 0.850. The van der Waals surface area contributed by atoms with Crippen LogP contribution in [0.4, 0.5) is 10.1 Å². The molecule has 110 valence electrons. The summed E-state index contributed by atoms with van der Waals surface area (Å²) >= 11 is 0. The van der Waals surface area contributed by atoms with E-state index in [2.05, 4.69) is 0 Å². The number of anilines is 1. The van der Waals surface area contributed by atoms with Crippen LogP contribution in [0.3, 0.4) is 0 Å². The van der Waals surface area contributed by atoms with Crippen molar-refractivity contribution in [2.24, 2.45) is 11.8 Å². The lowest BCUT2D eigenvalue weighted by Gasteiger charge is -2.29. The van der Waals surface area contributed by atoms with Crippen LogP contribution in [0.1, 0.15) is 18.4 Å². The summed E-state index contributed by atoms with van der Waals surface area (Å²) in [7, 11) is 0. The van der Waals surface area contributed by atoms with Crippen molar-refractivity contribution in [1.82, 2.24) is 0 Å². The van der Waals surface area contributed by atoms with Gasteiger partial charge in [0.1, 0.15) is 5.82 Å². The van der Waals surface area contributed by atoms with E-state index in [1.807, 2.05) is 6.08 Å². The molecule has 0 saturated heterocycles. The summed E-state index contributed by atoms with van der Waals surface area (Å²) in [5.74, 6) is -2.80. The van der Waals surface area contributed by atoms with Crippen molar-refractivity contribution in [2.45, 2.75) is 19.3 Å². The minimum atomic E-state index is -0.948. The zero-order chi connectivity index (χ0) is 15.0. The largest absolute Gasteiger partial charge is 0.481 e. The van der Waals surface area contributed by atoms with Crippen molar-refractivity contribution >= 4 is 17.6 Å². The maximum atomic E-state index is 13.4. The molecule has 1 aromatic carbocycles. The summed E-state index contributed by atoms with van der Waals surface area (Å²) in [5.41, 5.74) is 1.52. The molecule has 0 spiro atoms.